The Hall–Kier alpha value is -1.19. The van der Waals surface area contributed by atoms with Gasteiger partial charge in [-0.3, -0.25) is 0 Å². The van der Waals surface area contributed by atoms with Crippen LogP contribution in [-0.4, -0.2) is 11.5 Å². The summed E-state index contributed by atoms with van der Waals surface area (Å²) < 4.78 is 0. The molecular weight excluding hydrogens is 240 g/mol. The van der Waals surface area contributed by atoms with E-state index in [0.717, 1.165) is 13.0 Å². The lowest BCUT2D eigenvalue weighted by Crippen LogP contribution is -2.25. The van der Waals surface area contributed by atoms with Crippen LogP contribution in [0.1, 0.15) is 42.8 Å². The zero-order chi connectivity index (χ0) is 12.8. The zero-order valence-corrected chi connectivity index (χ0v) is 11.8. The first-order chi connectivity index (χ1) is 8.81. The Balaban J connectivity index is 1.92. The third-order valence-electron chi connectivity index (χ3n) is 3.15. The van der Waals surface area contributed by atoms with E-state index < -0.39 is 0 Å². The lowest BCUT2D eigenvalue weighted by atomic mass is 10.0. The van der Waals surface area contributed by atoms with Crippen LogP contribution in [0.15, 0.2) is 41.9 Å². The van der Waals surface area contributed by atoms with Crippen molar-refractivity contribution in [3.8, 4) is 0 Å². The van der Waals surface area contributed by atoms with Gasteiger partial charge in [-0.25, -0.2) is 4.98 Å². The van der Waals surface area contributed by atoms with Gasteiger partial charge in [-0.1, -0.05) is 44.2 Å². The first kappa shape index (κ1) is 13.2. The minimum absolute atomic E-state index is 0.439. The SMILES string of the molecule is CCC(NCC(C)c1nccs1)c1ccccc1. The number of benzene rings is 1. The molecule has 96 valence electrons. The largest absolute Gasteiger partial charge is 0.309 e. The lowest BCUT2D eigenvalue weighted by molar-refractivity contribution is 0.494. The summed E-state index contributed by atoms with van der Waals surface area (Å²) in [7, 11) is 0. The Labute approximate surface area is 113 Å². The number of nitrogens with zero attached hydrogens (tertiary/aromatic N) is 1. The predicted octanol–water partition coefficient (Wildman–Crippen LogP) is 3.99. The minimum atomic E-state index is 0.439. The number of aromatic nitrogens is 1. The van der Waals surface area contributed by atoms with Crippen molar-refractivity contribution in [2.24, 2.45) is 0 Å². The molecular formula is C15H20N2S. The molecule has 0 saturated heterocycles. The number of hydrogen-bond donors (Lipinski definition) is 1. The molecule has 2 nitrogen and oxygen atoms in total. The van der Waals surface area contributed by atoms with E-state index >= 15 is 0 Å². The fourth-order valence-corrected chi connectivity index (χ4v) is 2.77. The van der Waals surface area contributed by atoms with Crippen LogP contribution < -0.4 is 5.32 Å². The second-order valence-electron chi connectivity index (χ2n) is 4.55. The van der Waals surface area contributed by atoms with Gasteiger partial charge < -0.3 is 5.32 Å². The highest BCUT2D eigenvalue weighted by molar-refractivity contribution is 7.09. The molecule has 2 unspecified atom stereocenters. The molecule has 0 spiro atoms. The Morgan fingerprint density at radius 3 is 2.67 bits per heavy atom. The maximum absolute atomic E-state index is 4.37. The quantitative estimate of drug-likeness (QED) is 0.849. The first-order valence-corrected chi connectivity index (χ1v) is 7.37. The van der Waals surface area contributed by atoms with Crippen molar-refractivity contribution in [2.45, 2.75) is 32.2 Å². The normalized spacial score (nSPS) is 14.3. The second kappa shape index (κ2) is 6.66. The van der Waals surface area contributed by atoms with Gasteiger partial charge in [0.15, 0.2) is 0 Å². The Morgan fingerprint density at radius 2 is 2.06 bits per heavy atom. The molecule has 0 aliphatic rings. The molecule has 18 heavy (non-hydrogen) atoms. The summed E-state index contributed by atoms with van der Waals surface area (Å²) in [6.07, 6.45) is 2.99. The fraction of sp³-hybridized carbons (Fsp3) is 0.400. The van der Waals surface area contributed by atoms with Crippen LogP contribution in [0.4, 0.5) is 0 Å². The van der Waals surface area contributed by atoms with Crippen molar-refractivity contribution < 1.29 is 0 Å². The zero-order valence-electron chi connectivity index (χ0n) is 11.0. The van der Waals surface area contributed by atoms with Gasteiger partial charge >= 0.3 is 0 Å². The molecule has 2 atom stereocenters. The summed E-state index contributed by atoms with van der Waals surface area (Å²) in [5.74, 6) is 0.475. The van der Waals surface area contributed by atoms with Crippen LogP contribution in [0.25, 0.3) is 0 Å². The van der Waals surface area contributed by atoms with E-state index in [2.05, 4.69) is 54.5 Å². The van der Waals surface area contributed by atoms with E-state index in [1.54, 1.807) is 11.3 Å². The van der Waals surface area contributed by atoms with Gasteiger partial charge in [-0.15, -0.1) is 11.3 Å². The van der Waals surface area contributed by atoms with Crippen molar-refractivity contribution in [3.63, 3.8) is 0 Å². The minimum Gasteiger partial charge on any atom is -0.309 e. The number of nitrogens with one attached hydrogen (secondary N) is 1. The average Bonchev–Trinajstić information content (AvgIpc) is 2.94. The maximum atomic E-state index is 4.37. The second-order valence-corrected chi connectivity index (χ2v) is 5.48. The summed E-state index contributed by atoms with van der Waals surface area (Å²) in [4.78, 5) is 4.37. The van der Waals surface area contributed by atoms with E-state index in [-0.39, 0.29) is 0 Å². The highest BCUT2D eigenvalue weighted by Gasteiger charge is 2.12. The molecule has 0 aliphatic carbocycles. The molecule has 0 bridgehead atoms. The van der Waals surface area contributed by atoms with Gasteiger partial charge in [0.1, 0.15) is 0 Å². The van der Waals surface area contributed by atoms with Gasteiger partial charge in [0.2, 0.25) is 0 Å². The predicted molar refractivity (Wildman–Crippen MR) is 78.0 cm³/mol. The van der Waals surface area contributed by atoms with E-state index in [1.807, 2.05) is 11.6 Å². The summed E-state index contributed by atoms with van der Waals surface area (Å²) in [6.45, 7) is 5.42. The Kier molecular flexibility index (Phi) is 4.90. The van der Waals surface area contributed by atoms with E-state index in [9.17, 15) is 0 Å². The number of thiazole rings is 1. The monoisotopic (exact) mass is 260 g/mol. The molecule has 2 rings (SSSR count). The summed E-state index contributed by atoms with van der Waals surface area (Å²) in [6, 6.07) is 11.1. The van der Waals surface area contributed by atoms with Crippen LogP contribution in [0.5, 0.6) is 0 Å². The first-order valence-electron chi connectivity index (χ1n) is 6.49. The van der Waals surface area contributed by atoms with Crippen molar-refractivity contribution in [1.29, 1.82) is 0 Å². The molecule has 1 aromatic carbocycles. The molecule has 3 heteroatoms. The maximum Gasteiger partial charge on any atom is 0.0965 e. The molecule has 0 saturated carbocycles. The molecule has 1 heterocycles. The van der Waals surface area contributed by atoms with E-state index in [1.165, 1.54) is 10.6 Å². The van der Waals surface area contributed by atoms with Crippen LogP contribution in [0, 0.1) is 0 Å². The molecule has 0 aliphatic heterocycles. The van der Waals surface area contributed by atoms with Gasteiger partial charge in [0.25, 0.3) is 0 Å². The van der Waals surface area contributed by atoms with Crippen molar-refractivity contribution in [3.05, 3.63) is 52.5 Å². The average molecular weight is 260 g/mol. The van der Waals surface area contributed by atoms with Crippen LogP contribution >= 0.6 is 11.3 Å². The van der Waals surface area contributed by atoms with Crippen molar-refractivity contribution in [2.75, 3.05) is 6.54 Å². The standard InChI is InChI=1S/C15H20N2S/c1-3-14(13-7-5-4-6-8-13)17-11-12(2)15-16-9-10-18-15/h4-10,12,14,17H,3,11H2,1-2H3. The van der Waals surface area contributed by atoms with Gasteiger partial charge in [-0.05, 0) is 12.0 Å². The fourth-order valence-electron chi connectivity index (χ4n) is 2.07. The molecule has 0 fully saturated rings. The van der Waals surface area contributed by atoms with Crippen molar-refractivity contribution in [1.82, 2.24) is 10.3 Å². The highest BCUT2D eigenvalue weighted by Crippen LogP contribution is 2.20. The summed E-state index contributed by atoms with van der Waals surface area (Å²) in [5.41, 5.74) is 1.37. The number of hydrogen-bond acceptors (Lipinski definition) is 3. The van der Waals surface area contributed by atoms with E-state index in [4.69, 9.17) is 0 Å². The summed E-state index contributed by atoms with van der Waals surface area (Å²) in [5, 5.41) is 6.90. The van der Waals surface area contributed by atoms with Crippen LogP contribution in [0.2, 0.25) is 0 Å². The lowest BCUT2D eigenvalue weighted by Gasteiger charge is -2.19. The third kappa shape index (κ3) is 3.40. The molecule has 1 aromatic heterocycles. The van der Waals surface area contributed by atoms with Crippen LogP contribution in [0.3, 0.4) is 0 Å². The summed E-state index contributed by atoms with van der Waals surface area (Å²) >= 11 is 1.73. The van der Waals surface area contributed by atoms with Gasteiger partial charge in [-0.2, -0.15) is 0 Å². The van der Waals surface area contributed by atoms with Gasteiger partial charge in [0.05, 0.1) is 5.01 Å². The smallest absolute Gasteiger partial charge is 0.0965 e. The van der Waals surface area contributed by atoms with Crippen LogP contribution in [-0.2, 0) is 0 Å². The Morgan fingerprint density at radius 1 is 1.28 bits per heavy atom. The van der Waals surface area contributed by atoms with Gasteiger partial charge in [0, 0.05) is 30.1 Å². The molecule has 1 N–H and O–H groups in total. The number of rotatable bonds is 6. The molecule has 0 radical (unpaired) electrons. The molecule has 2 aromatic rings. The third-order valence-corrected chi connectivity index (χ3v) is 4.16. The topological polar surface area (TPSA) is 24.9 Å². The highest BCUT2D eigenvalue weighted by atomic mass is 32.1. The molecule has 0 amide bonds. The Bertz CT molecular complexity index is 439. The van der Waals surface area contributed by atoms with Crippen molar-refractivity contribution >= 4 is 11.3 Å². The van der Waals surface area contributed by atoms with E-state index in [0.29, 0.717) is 12.0 Å².